The summed E-state index contributed by atoms with van der Waals surface area (Å²) in [5.74, 6) is -0.846. The van der Waals surface area contributed by atoms with Gasteiger partial charge in [-0.3, -0.25) is 19.1 Å². The average Bonchev–Trinajstić information content (AvgIpc) is 3.47. The van der Waals surface area contributed by atoms with E-state index in [0.717, 1.165) is 33.4 Å². The van der Waals surface area contributed by atoms with E-state index in [9.17, 15) is 32.7 Å². The second kappa shape index (κ2) is 14.9. The van der Waals surface area contributed by atoms with Gasteiger partial charge in [-0.05, 0) is 41.0 Å². The molecule has 14 heteroatoms. The molecule has 0 aliphatic carbocycles. The van der Waals surface area contributed by atoms with Crippen molar-refractivity contribution in [2.75, 3.05) is 27.4 Å². The Morgan fingerprint density at radius 2 is 1.53 bits per heavy atom. The molecule has 258 valence electrons. The van der Waals surface area contributed by atoms with E-state index >= 15 is 0 Å². The molecule has 1 fully saturated rings. The molecular formula is C35H34F3N3O8. The predicted molar refractivity (Wildman–Crippen MR) is 172 cm³/mol. The van der Waals surface area contributed by atoms with E-state index in [0.29, 0.717) is 11.5 Å². The molecule has 0 saturated carbocycles. The average molecular weight is 682 g/mol. The molecule has 3 atom stereocenters. The molecule has 1 aliphatic rings. The normalized spacial score (nSPS) is 18.0. The number of methoxy groups -OCH3 is 2. The van der Waals surface area contributed by atoms with Crippen molar-refractivity contribution in [1.29, 1.82) is 0 Å². The third-order valence-electron chi connectivity index (χ3n) is 8.08. The fourth-order valence-corrected chi connectivity index (χ4v) is 5.59. The lowest BCUT2D eigenvalue weighted by molar-refractivity contribution is -0.173. The van der Waals surface area contributed by atoms with Crippen LogP contribution >= 0.6 is 0 Å². The third-order valence-corrected chi connectivity index (χ3v) is 8.08. The SMILES string of the molecule is COc1ccc(C(OC[C@H]2O[C@@H](n3cc(C=CCNC(=O)C(F)(F)F)c(=O)[nH]c3=O)C[C@@H]2O)(c2ccccc2)c2ccc(OC)cc2)cc1. The highest BCUT2D eigenvalue weighted by atomic mass is 19.4. The van der Waals surface area contributed by atoms with E-state index in [-0.39, 0.29) is 18.6 Å². The van der Waals surface area contributed by atoms with Crippen molar-refractivity contribution in [3.8, 4) is 11.5 Å². The van der Waals surface area contributed by atoms with Crippen LogP contribution in [0.1, 0.15) is 34.9 Å². The zero-order valence-corrected chi connectivity index (χ0v) is 26.5. The fourth-order valence-electron chi connectivity index (χ4n) is 5.59. The summed E-state index contributed by atoms with van der Waals surface area (Å²) in [6.45, 7) is -0.644. The molecule has 3 aromatic carbocycles. The van der Waals surface area contributed by atoms with E-state index in [1.165, 1.54) is 6.20 Å². The molecule has 0 radical (unpaired) electrons. The van der Waals surface area contributed by atoms with Crippen LogP contribution in [0, 0.1) is 0 Å². The summed E-state index contributed by atoms with van der Waals surface area (Å²) in [5, 5.41) is 12.8. The smallest absolute Gasteiger partial charge is 0.471 e. The lowest BCUT2D eigenvalue weighted by atomic mass is 9.80. The molecule has 11 nitrogen and oxygen atoms in total. The van der Waals surface area contributed by atoms with Gasteiger partial charge in [0.05, 0.1) is 32.5 Å². The highest BCUT2D eigenvalue weighted by Gasteiger charge is 2.42. The summed E-state index contributed by atoms with van der Waals surface area (Å²) >= 11 is 0. The summed E-state index contributed by atoms with van der Waals surface area (Å²) in [6.07, 6.45) is -4.63. The fraction of sp³-hybridized carbons (Fsp3) is 0.286. The molecule has 4 aromatic rings. The number of nitrogens with zero attached hydrogens (tertiary/aromatic N) is 1. The maximum absolute atomic E-state index is 12.8. The van der Waals surface area contributed by atoms with Crippen molar-refractivity contribution in [2.24, 2.45) is 0 Å². The number of amides is 1. The Morgan fingerprint density at radius 3 is 2.08 bits per heavy atom. The van der Waals surface area contributed by atoms with E-state index in [4.69, 9.17) is 18.9 Å². The Kier molecular flexibility index (Phi) is 10.7. The largest absolute Gasteiger partial charge is 0.497 e. The van der Waals surface area contributed by atoms with E-state index in [1.807, 2.05) is 78.9 Å². The van der Waals surface area contributed by atoms with Gasteiger partial charge in [-0.2, -0.15) is 13.2 Å². The maximum atomic E-state index is 12.8. The number of aliphatic hydroxyl groups excluding tert-OH is 1. The van der Waals surface area contributed by atoms with Crippen LogP contribution in [0.4, 0.5) is 13.2 Å². The van der Waals surface area contributed by atoms with E-state index in [2.05, 4.69) is 4.98 Å². The molecule has 1 saturated heterocycles. The van der Waals surface area contributed by atoms with Gasteiger partial charge in [-0.15, -0.1) is 0 Å². The Hall–Kier alpha value is -5.18. The van der Waals surface area contributed by atoms with Crippen LogP contribution in [0.15, 0.2) is 101 Å². The number of hydrogen-bond donors (Lipinski definition) is 3. The molecule has 0 unspecified atom stereocenters. The molecule has 3 N–H and O–H groups in total. The van der Waals surface area contributed by atoms with Crippen molar-refractivity contribution in [1.82, 2.24) is 14.9 Å². The predicted octanol–water partition coefficient (Wildman–Crippen LogP) is 3.90. The quantitative estimate of drug-likeness (QED) is 0.191. The third kappa shape index (κ3) is 7.77. The van der Waals surface area contributed by atoms with Crippen LogP contribution in [0.2, 0.25) is 0 Å². The minimum absolute atomic E-state index is 0.0336. The Bertz CT molecular complexity index is 1830. The van der Waals surface area contributed by atoms with Gasteiger partial charge in [-0.25, -0.2) is 4.79 Å². The summed E-state index contributed by atoms with van der Waals surface area (Å²) in [4.78, 5) is 38.4. The van der Waals surface area contributed by atoms with Crippen molar-refractivity contribution in [3.05, 3.63) is 134 Å². The van der Waals surface area contributed by atoms with Gasteiger partial charge < -0.3 is 29.4 Å². The van der Waals surface area contributed by atoms with Crippen LogP contribution in [-0.2, 0) is 19.9 Å². The number of carbonyl (C=O) groups is 1. The standard InChI is InChI=1S/C35H34F3N3O8/c1-46-26-14-10-24(11-15-26)34(23-8-4-3-5-9-23,25-12-16-27(47-2)17-13-25)48-21-29-28(42)19-30(49-29)41-20-22(31(43)40-33(41)45)7-6-18-39-32(44)35(36,37)38/h3-17,20,28-30,42H,18-19,21H2,1-2H3,(H,39,44)(H,40,43,45)/t28-,29+,30+/m0/s1. The molecule has 5 rings (SSSR count). The maximum Gasteiger partial charge on any atom is 0.471 e. The molecule has 0 bridgehead atoms. The van der Waals surface area contributed by atoms with Gasteiger partial charge in [0.1, 0.15) is 29.4 Å². The van der Waals surface area contributed by atoms with Crippen LogP contribution in [-0.4, -0.2) is 66.3 Å². The Labute approximate surface area is 278 Å². The number of aliphatic hydroxyl groups is 1. The number of nitrogens with one attached hydrogen (secondary N) is 2. The summed E-state index contributed by atoms with van der Waals surface area (Å²) < 4.78 is 62.1. The second-order valence-corrected chi connectivity index (χ2v) is 11.1. The molecule has 1 aliphatic heterocycles. The topological polar surface area (TPSA) is 141 Å². The first-order valence-corrected chi connectivity index (χ1v) is 15.2. The van der Waals surface area contributed by atoms with Crippen LogP contribution in [0.25, 0.3) is 6.08 Å². The number of aromatic amines is 1. The number of ether oxygens (including phenoxy) is 4. The number of aromatic nitrogens is 2. The van der Waals surface area contributed by atoms with Crippen molar-refractivity contribution in [3.63, 3.8) is 0 Å². The van der Waals surface area contributed by atoms with Crippen molar-refractivity contribution < 1.29 is 42.0 Å². The van der Waals surface area contributed by atoms with E-state index < -0.39 is 53.9 Å². The number of halogens is 3. The molecule has 2 heterocycles. The summed E-state index contributed by atoms with van der Waals surface area (Å²) in [5.41, 5.74) is -0.599. The van der Waals surface area contributed by atoms with Gasteiger partial charge in [0.2, 0.25) is 0 Å². The van der Waals surface area contributed by atoms with Gasteiger partial charge in [-0.1, -0.05) is 66.7 Å². The minimum Gasteiger partial charge on any atom is -0.497 e. The van der Waals surface area contributed by atoms with Crippen LogP contribution < -0.4 is 26.0 Å². The molecule has 0 spiro atoms. The first kappa shape index (κ1) is 35.1. The molecular weight excluding hydrogens is 647 g/mol. The first-order valence-electron chi connectivity index (χ1n) is 15.2. The molecule has 1 amide bonds. The highest BCUT2D eigenvalue weighted by Crippen LogP contribution is 2.42. The lowest BCUT2D eigenvalue weighted by Crippen LogP contribution is -2.38. The zero-order chi connectivity index (χ0) is 35.2. The van der Waals surface area contributed by atoms with Gasteiger partial charge in [0, 0.05) is 19.2 Å². The minimum atomic E-state index is -5.05. The number of hydrogen-bond acceptors (Lipinski definition) is 8. The lowest BCUT2D eigenvalue weighted by Gasteiger charge is -2.37. The molecule has 49 heavy (non-hydrogen) atoms. The van der Waals surface area contributed by atoms with Gasteiger partial charge >= 0.3 is 17.8 Å². The van der Waals surface area contributed by atoms with Gasteiger partial charge in [0.25, 0.3) is 5.56 Å². The van der Waals surface area contributed by atoms with Crippen molar-refractivity contribution in [2.45, 2.75) is 36.6 Å². The van der Waals surface area contributed by atoms with E-state index in [1.54, 1.807) is 19.5 Å². The Morgan fingerprint density at radius 1 is 0.959 bits per heavy atom. The van der Waals surface area contributed by atoms with Gasteiger partial charge in [0.15, 0.2) is 0 Å². The second-order valence-electron chi connectivity index (χ2n) is 11.1. The first-order chi connectivity index (χ1) is 23.5. The zero-order valence-electron chi connectivity index (χ0n) is 26.5. The Balaban J connectivity index is 1.43. The van der Waals surface area contributed by atoms with Crippen molar-refractivity contribution >= 4 is 12.0 Å². The van der Waals surface area contributed by atoms with Crippen LogP contribution in [0.3, 0.4) is 0 Å². The van der Waals surface area contributed by atoms with Crippen LogP contribution in [0.5, 0.6) is 11.5 Å². The summed E-state index contributed by atoms with van der Waals surface area (Å²) in [6, 6.07) is 24.3. The molecule has 1 aromatic heterocycles. The monoisotopic (exact) mass is 681 g/mol. The number of alkyl halides is 3. The number of benzene rings is 3. The number of H-pyrrole nitrogens is 1. The summed E-state index contributed by atoms with van der Waals surface area (Å²) in [7, 11) is 3.14. The highest BCUT2D eigenvalue weighted by molar-refractivity contribution is 5.81. The number of carbonyl (C=O) groups excluding carboxylic acids is 1. The number of rotatable bonds is 12.